The Bertz CT molecular complexity index is 1610. The molecule has 2 aromatic heterocycles. The van der Waals surface area contributed by atoms with Gasteiger partial charge in [-0.15, -0.1) is 0 Å². The Hall–Kier alpha value is -3.40. The molecule has 0 radical (unpaired) electrons. The molecule has 40 heavy (non-hydrogen) atoms. The van der Waals surface area contributed by atoms with Gasteiger partial charge in [0.05, 0.1) is 23.9 Å². The number of aliphatic hydroxyl groups is 1. The Morgan fingerprint density at radius 1 is 1.15 bits per heavy atom. The number of piperidine rings is 1. The van der Waals surface area contributed by atoms with Gasteiger partial charge >= 0.3 is 5.76 Å². The first-order valence-electron chi connectivity index (χ1n) is 13.9. The van der Waals surface area contributed by atoms with Gasteiger partial charge in [0.1, 0.15) is 0 Å². The van der Waals surface area contributed by atoms with Crippen LogP contribution in [0.1, 0.15) is 42.6 Å². The predicted molar refractivity (Wildman–Crippen MR) is 153 cm³/mol. The molecule has 1 saturated heterocycles. The number of hydrogen-bond acceptors (Lipinski definition) is 6. The molecule has 210 valence electrons. The predicted octanol–water partition coefficient (Wildman–Crippen LogP) is 4.02. The van der Waals surface area contributed by atoms with Crippen LogP contribution in [0.4, 0.5) is 0 Å². The summed E-state index contributed by atoms with van der Waals surface area (Å²) >= 11 is 6.28. The van der Waals surface area contributed by atoms with Crippen LogP contribution in [0.3, 0.4) is 0 Å². The Balaban J connectivity index is 1.16. The molecule has 1 unspecified atom stereocenters. The number of para-hydroxylation sites is 2. The summed E-state index contributed by atoms with van der Waals surface area (Å²) < 4.78 is 9.15. The number of likely N-dealkylation sites (tertiary alicyclic amines) is 1. The fourth-order valence-corrected chi connectivity index (χ4v) is 6.30. The second kappa shape index (κ2) is 10.9. The minimum absolute atomic E-state index is 0.0470. The van der Waals surface area contributed by atoms with Gasteiger partial charge in [-0.05, 0) is 49.6 Å². The van der Waals surface area contributed by atoms with E-state index in [1.165, 1.54) is 0 Å². The SMILES string of the molecule is CC(=O)N1CCc2c(c(-c3ccc(Cl)c(C)c3)nn2CC(O)CN2CCC(n3c(=O)oc4ccccc43)CC2)C1. The van der Waals surface area contributed by atoms with Crippen molar-refractivity contribution in [3.63, 3.8) is 0 Å². The fraction of sp³-hybridized carbons (Fsp3) is 0.433. The number of fused-ring (bicyclic) bond motifs is 2. The van der Waals surface area contributed by atoms with Gasteiger partial charge in [0.25, 0.3) is 0 Å². The Morgan fingerprint density at radius 2 is 1.93 bits per heavy atom. The first-order valence-corrected chi connectivity index (χ1v) is 14.3. The van der Waals surface area contributed by atoms with E-state index >= 15 is 0 Å². The number of halogens is 1. The molecule has 1 amide bonds. The smallest absolute Gasteiger partial charge is 0.408 e. The van der Waals surface area contributed by atoms with Crippen LogP contribution >= 0.6 is 11.6 Å². The van der Waals surface area contributed by atoms with Crippen LogP contribution in [-0.2, 0) is 24.3 Å². The van der Waals surface area contributed by atoms with Crippen LogP contribution in [0.15, 0.2) is 51.7 Å². The first kappa shape index (κ1) is 26.8. The average molecular weight is 564 g/mol. The largest absolute Gasteiger partial charge is 0.420 e. The number of hydrogen-bond donors (Lipinski definition) is 1. The normalized spacial score (nSPS) is 17.4. The molecule has 2 aliphatic heterocycles. The van der Waals surface area contributed by atoms with E-state index in [1.54, 1.807) is 11.5 Å². The Morgan fingerprint density at radius 3 is 2.67 bits per heavy atom. The number of amides is 1. The summed E-state index contributed by atoms with van der Waals surface area (Å²) in [6.07, 6.45) is 1.71. The lowest BCUT2D eigenvalue weighted by atomic mass is 9.99. The van der Waals surface area contributed by atoms with Crippen molar-refractivity contribution in [2.75, 3.05) is 26.2 Å². The van der Waals surface area contributed by atoms with Gasteiger partial charge in [-0.1, -0.05) is 29.8 Å². The van der Waals surface area contributed by atoms with Crippen LogP contribution in [0.5, 0.6) is 0 Å². The van der Waals surface area contributed by atoms with Crippen LogP contribution in [-0.4, -0.2) is 67.4 Å². The molecular weight excluding hydrogens is 530 g/mol. The molecule has 9 nitrogen and oxygen atoms in total. The molecule has 0 bridgehead atoms. The van der Waals surface area contributed by atoms with E-state index in [1.807, 2.05) is 59.0 Å². The second-order valence-electron chi connectivity index (χ2n) is 11.0. The molecule has 10 heteroatoms. The number of aromatic nitrogens is 3. The number of aryl methyl sites for hydroxylation is 1. The summed E-state index contributed by atoms with van der Waals surface area (Å²) in [6, 6.07) is 13.5. The van der Waals surface area contributed by atoms with Crippen molar-refractivity contribution < 1.29 is 14.3 Å². The lowest BCUT2D eigenvalue weighted by molar-refractivity contribution is -0.129. The third-order valence-electron chi connectivity index (χ3n) is 8.30. The number of aliphatic hydroxyl groups excluding tert-OH is 1. The molecule has 4 heterocycles. The van der Waals surface area contributed by atoms with Gasteiger partial charge in [0.2, 0.25) is 5.91 Å². The van der Waals surface area contributed by atoms with Gasteiger partial charge < -0.3 is 19.3 Å². The molecule has 2 aliphatic rings. The minimum Gasteiger partial charge on any atom is -0.408 e. The van der Waals surface area contributed by atoms with Crippen LogP contribution in [0.2, 0.25) is 5.02 Å². The molecular formula is C30H34ClN5O4. The average Bonchev–Trinajstić information content (AvgIpc) is 3.47. The lowest BCUT2D eigenvalue weighted by Crippen LogP contribution is -2.42. The maximum atomic E-state index is 12.5. The quantitative estimate of drug-likeness (QED) is 0.381. The molecule has 0 aliphatic carbocycles. The molecule has 0 spiro atoms. The van der Waals surface area contributed by atoms with Gasteiger partial charge in [0, 0.05) is 74.0 Å². The lowest BCUT2D eigenvalue weighted by Gasteiger charge is -2.33. The fourth-order valence-electron chi connectivity index (χ4n) is 6.18. The van der Waals surface area contributed by atoms with Crippen molar-refractivity contribution >= 4 is 28.6 Å². The highest BCUT2D eigenvalue weighted by molar-refractivity contribution is 6.31. The van der Waals surface area contributed by atoms with Crippen molar-refractivity contribution in [1.82, 2.24) is 24.1 Å². The van der Waals surface area contributed by atoms with Crippen molar-refractivity contribution in [2.45, 2.75) is 58.3 Å². The maximum Gasteiger partial charge on any atom is 0.420 e. The number of oxazole rings is 1. The van der Waals surface area contributed by atoms with Gasteiger partial charge in [-0.3, -0.25) is 14.0 Å². The molecule has 1 fully saturated rings. The number of nitrogens with zero attached hydrogens (tertiary/aromatic N) is 5. The first-order chi connectivity index (χ1) is 19.3. The Labute approximate surface area is 237 Å². The summed E-state index contributed by atoms with van der Waals surface area (Å²) in [5.74, 6) is -0.260. The molecule has 0 saturated carbocycles. The number of carbonyl (C=O) groups is 1. The number of benzene rings is 2. The molecule has 1 N–H and O–H groups in total. The maximum absolute atomic E-state index is 12.5. The minimum atomic E-state index is -0.608. The molecule has 1 atom stereocenters. The van der Waals surface area contributed by atoms with Crippen LogP contribution in [0.25, 0.3) is 22.4 Å². The van der Waals surface area contributed by atoms with Gasteiger partial charge in [-0.2, -0.15) is 5.10 Å². The summed E-state index contributed by atoms with van der Waals surface area (Å²) in [7, 11) is 0. The zero-order valence-electron chi connectivity index (χ0n) is 22.8. The van der Waals surface area contributed by atoms with Gasteiger partial charge in [-0.25, -0.2) is 4.79 Å². The zero-order valence-corrected chi connectivity index (χ0v) is 23.6. The van der Waals surface area contributed by atoms with Crippen molar-refractivity contribution in [1.29, 1.82) is 0 Å². The molecule has 4 aromatic rings. The third kappa shape index (κ3) is 5.09. The van der Waals surface area contributed by atoms with E-state index in [9.17, 15) is 14.7 Å². The monoisotopic (exact) mass is 563 g/mol. The van der Waals surface area contributed by atoms with E-state index in [0.29, 0.717) is 43.2 Å². The summed E-state index contributed by atoms with van der Waals surface area (Å²) in [4.78, 5) is 28.8. The van der Waals surface area contributed by atoms with E-state index in [2.05, 4.69) is 4.90 Å². The highest BCUT2D eigenvalue weighted by atomic mass is 35.5. The Kier molecular flexibility index (Phi) is 7.29. The molecule has 6 rings (SSSR count). The van der Waals surface area contributed by atoms with Crippen LogP contribution < -0.4 is 5.76 Å². The third-order valence-corrected chi connectivity index (χ3v) is 8.73. The second-order valence-corrected chi connectivity index (χ2v) is 11.4. The topological polar surface area (TPSA) is 96.7 Å². The number of rotatable bonds is 6. The zero-order chi connectivity index (χ0) is 28.0. The van der Waals surface area contributed by atoms with E-state index in [0.717, 1.165) is 59.5 Å². The van der Waals surface area contributed by atoms with Crippen molar-refractivity contribution in [3.8, 4) is 11.3 Å². The summed E-state index contributed by atoms with van der Waals surface area (Å²) in [6.45, 7) is 7.18. The standard InChI is InChI=1S/C30H34ClN5O4/c1-19-15-21(7-8-25(19)31)29-24-18-34(20(2)37)14-11-26(24)35(32-29)17-23(38)16-33-12-9-22(10-13-33)36-27-5-3-4-6-28(27)40-30(36)39/h3-8,15,22-23,38H,9-14,16-18H2,1-2H3. The van der Waals surface area contributed by atoms with Crippen molar-refractivity contribution in [2.24, 2.45) is 0 Å². The van der Waals surface area contributed by atoms with Crippen LogP contribution in [0, 0.1) is 6.92 Å². The van der Waals surface area contributed by atoms with E-state index in [-0.39, 0.29) is 17.7 Å². The molecule has 2 aromatic carbocycles. The van der Waals surface area contributed by atoms with Crippen molar-refractivity contribution in [3.05, 3.63) is 74.9 Å². The summed E-state index contributed by atoms with van der Waals surface area (Å²) in [5, 5.41) is 16.8. The highest BCUT2D eigenvalue weighted by Crippen LogP contribution is 2.32. The van der Waals surface area contributed by atoms with Gasteiger partial charge in [0.15, 0.2) is 5.58 Å². The number of β-amino-alcohol motifs (C(OH)–C–C–N with tert-alkyl or cyclic N) is 1. The number of carbonyl (C=O) groups excluding carboxylic acids is 1. The van der Waals surface area contributed by atoms with E-state index < -0.39 is 6.10 Å². The summed E-state index contributed by atoms with van der Waals surface area (Å²) in [5.41, 5.74) is 6.33. The highest BCUT2D eigenvalue weighted by Gasteiger charge is 2.29. The van der Waals surface area contributed by atoms with E-state index in [4.69, 9.17) is 21.1 Å².